The Morgan fingerprint density at radius 2 is 1.96 bits per heavy atom. The van der Waals surface area contributed by atoms with E-state index in [1.165, 1.54) is 4.90 Å². The van der Waals surface area contributed by atoms with Crippen LogP contribution in [0.25, 0.3) is 0 Å². The number of para-hydroxylation sites is 1. The number of aliphatic hydroxyl groups excluding tert-OH is 1. The van der Waals surface area contributed by atoms with Gasteiger partial charge in [-0.1, -0.05) is 18.2 Å². The Balaban J connectivity index is 2.21. The summed E-state index contributed by atoms with van der Waals surface area (Å²) in [5, 5.41) is 9.53. The van der Waals surface area contributed by atoms with Gasteiger partial charge in [0.2, 0.25) is 15.9 Å². The molecule has 1 amide bonds. The van der Waals surface area contributed by atoms with Gasteiger partial charge in [0.1, 0.15) is 5.75 Å². The summed E-state index contributed by atoms with van der Waals surface area (Å²) in [6.45, 7) is 3.13. The maximum absolute atomic E-state index is 12.5. The molecule has 24 heavy (non-hydrogen) atoms. The normalized spacial score (nSPS) is 20.3. The van der Waals surface area contributed by atoms with Crippen molar-refractivity contribution in [1.29, 1.82) is 0 Å². The summed E-state index contributed by atoms with van der Waals surface area (Å²) in [4.78, 5) is 14.0. The van der Waals surface area contributed by atoms with Crippen LogP contribution in [0.5, 0.6) is 5.75 Å². The molecule has 1 heterocycles. The van der Waals surface area contributed by atoms with Gasteiger partial charge in [-0.15, -0.1) is 0 Å². The second kappa shape index (κ2) is 7.50. The van der Waals surface area contributed by atoms with Crippen molar-refractivity contribution >= 4 is 15.9 Å². The third kappa shape index (κ3) is 4.06. The van der Waals surface area contributed by atoms with E-state index < -0.39 is 21.4 Å². The first-order valence-electron chi connectivity index (χ1n) is 7.82. The SMILES string of the molecule is COc1ccccc1CN1CC(O)CN(S(=O)(=O)C(C)C)CC1=O. The number of carbonyl (C=O) groups excluding carboxylic acids is 1. The Labute approximate surface area is 142 Å². The van der Waals surface area contributed by atoms with Crippen molar-refractivity contribution in [2.24, 2.45) is 0 Å². The maximum atomic E-state index is 12.5. The Bertz CT molecular complexity index is 689. The van der Waals surface area contributed by atoms with Gasteiger partial charge in [-0.25, -0.2) is 8.42 Å². The summed E-state index contributed by atoms with van der Waals surface area (Å²) in [6.07, 6.45) is -0.931. The summed E-state index contributed by atoms with van der Waals surface area (Å²) < 4.78 is 31.0. The molecule has 134 valence electrons. The average molecular weight is 356 g/mol. The molecule has 1 atom stereocenters. The summed E-state index contributed by atoms with van der Waals surface area (Å²) >= 11 is 0. The number of sulfonamides is 1. The quantitative estimate of drug-likeness (QED) is 0.827. The predicted molar refractivity (Wildman–Crippen MR) is 90.0 cm³/mol. The van der Waals surface area contributed by atoms with Gasteiger partial charge in [-0.3, -0.25) is 4.79 Å². The molecule has 1 fully saturated rings. The lowest BCUT2D eigenvalue weighted by molar-refractivity contribution is -0.131. The molecule has 1 aromatic rings. The number of β-amino-alcohol motifs (C(OH)–C–C–N with tert-alkyl or cyclic N) is 1. The lowest BCUT2D eigenvalue weighted by Crippen LogP contribution is -2.42. The van der Waals surface area contributed by atoms with Crippen LogP contribution in [-0.2, 0) is 21.4 Å². The minimum absolute atomic E-state index is 0.0747. The van der Waals surface area contributed by atoms with Gasteiger partial charge in [0.05, 0.1) is 25.0 Å². The molecule has 1 N–H and O–H groups in total. The Kier molecular flexibility index (Phi) is 5.84. The van der Waals surface area contributed by atoms with Crippen LogP contribution >= 0.6 is 0 Å². The molecule has 1 saturated heterocycles. The number of hydrogen-bond donors (Lipinski definition) is 1. The monoisotopic (exact) mass is 356 g/mol. The highest BCUT2D eigenvalue weighted by Crippen LogP contribution is 2.21. The largest absolute Gasteiger partial charge is 0.496 e. The van der Waals surface area contributed by atoms with E-state index in [4.69, 9.17) is 4.74 Å². The van der Waals surface area contributed by atoms with E-state index in [-0.39, 0.29) is 32.1 Å². The summed E-state index contributed by atoms with van der Waals surface area (Å²) in [6, 6.07) is 7.31. The van der Waals surface area contributed by atoms with E-state index in [0.29, 0.717) is 5.75 Å². The number of carbonyl (C=O) groups is 1. The number of benzene rings is 1. The van der Waals surface area contributed by atoms with Gasteiger partial charge in [0.25, 0.3) is 0 Å². The van der Waals surface area contributed by atoms with Gasteiger partial charge in [-0.2, -0.15) is 4.31 Å². The first-order valence-corrected chi connectivity index (χ1v) is 9.32. The van der Waals surface area contributed by atoms with Crippen LogP contribution < -0.4 is 4.74 Å². The minimum Gasteiger partial charge on any atom is -0.496 e. The Morgan fingerprint density at radius 3 is 2.58 bits per heavy atom. The fourth-order valence-electron chi connectivity index (χ4n) is 2.65. The number of nitrogens with zero attached hydrogens (tertiary/aromatic N) is 2. The molecule has 1 aliphatic rings. The van der Waals surface area contributed by atoms with Crippen molar-refractivity contribution < 1.29 is 23.1 Å². The third-order valence-electron chi connectivity index (χ3n) is 4.02. The third-order valence-corrected chi connectivity index (χ3v) is 6.21. The zero-order valence-electron chi connectivity index (χ0n) is 14.2. The lowest BCUT2D eigenvalue weighted by atomic mass is 10.2. The van der Waals surface area contributed by atoms with Crippen molar-refractivity contribution in [2.75, 3.05) is 26.7 Å². The molecule has 0 aliphatic carbocycles. The molecule has 0 saturated carbocycles. The fraction of sp³-hybridized carbons (Fsp3) is 0.562. The topological polar surface area (TPSA) is 87.2 Å². The Morgan fingerprint density at radius 1 is 1.29 bits per heavy atom. The molecule has 2 rings (SSSR count). The second-order valence-corrected chi connectivity index (χ2v) is 8.62. The molecule has 7 nitrogen and oxygen atoms in total. The van der Waals surface area contributed by atoms with Crippen LogP contribution in [-0.4, -0.2) is 66.7 Å². The summed E-state index contributed by atoms with van der Waals surface area (Å²) in [5.41, 5.74) is 0.806. The first kappa shape index (κ1) is 18.7. The summed E-state index contributed by atoms with van der Waals surface area (Å²) in [5.74, 6) is 0.317. The predicted octanol–water partition coefficient (Wildman–Crippen LogP) is 0.439. The van der Waals surface area contributed by atoms with Crippen molar-refractivity contribution in [3.05, 3.63) is 29.8 Å². The van der Waals surface area contributed by atoms with E-state index >= 15 is 0 Å². The van der Waals surface area contributed by atoms with E-state index in [0.717, 1.165) is 9.87 Å². The highest BCUT2D eigenvalue weighted by atomic mass is 32.2. The molecule has 1 aliphatic heterocycles. The minimum atomic E-state index is -3.60. The second-order valence-electron chi connectivity index (χ2n) is 6.13. The van der Waals surface area contributed by atoms with Crippen LogP contribution in [0.3, 0.4) is 0 Å². The molecule has 1 unspecified atom stereocenters. The van der Waals surface area contributed by atoms with Crippen LogP contribution in [0.1, 0.15) is 19.4 Å². The van der Waals surface area contributed by atoms with E-state index in [9.17, 15) is 18.3 Å². The zero-order chi connectivity index (χ0) is 17.9. The molecule has 8 heteroatoms. The average Bonchev–Trinajstić information content (AvgIpc) is 2.67. The van der Waals surface area contributed by atoms with Gasteiger partial charge >= 0.3 is 0 Å². The number of amides is 1. The van der Waals surface area contributed by atoms with Crippen molar-refractivity contribution in [1.82, 2.24) is 9.21 Å². The molecular formula is C16H24N2O5S. The molecule has 0 aromatic heterocycles. The van der Waals surface area contributed by atoms with E-state index in [1.807, 2.05) is 18.2 Å². The number of hydrogen-bond acceptors (Lipinski definition) is 5. The van der Waals surface area contributed by atoms with Crippen LogP contribution in [0.15, 0.2) is 24.3 Å². The van der Waals surface area contributed by atoms with Crippen molar-refractivity contribution in [3.8, 4) is 5.75 Å². The van der Waals surface area contributed by atoms with Gasteiger partial charge in [0.15, 0.2) is 0 Å². The maximum Gasteiger partial charge on any atom is 0.238 e. The van der Waals surface area contributed by atoms with Gasteiger partial charge in [-0.05, 0) is 19.9 Å². The highest BCUT2D eigenvalue weighted by Gasteiger charge is 2.35. The van der Waals surface area contributed by atoms with Crippen molar-refractivity contribution in [2.45, 2.75) is 31.7 Å². The Hall–Kier alpha value is -1.64. The van der Waals surface area contributed by atoms with E-state index in [1.54, 1.807) is 27.0 Å². The number of aliphatic hydroxyl groups is 1. The number of rotatable bonds is 5. The molecule has 0 spiro atoms. The zero-order valence-corrected chi connectivity index (χ0v) is 15.0. The standard InChI is InChI=1S/C16H24N2O5S/c1-12(2)24(21,22)18-10-14(19)9-17(16(20)11-18)8-13-6-4-5-7-15(13)23-3/h4-7,12,14,19H,8-11H2,1-3H3. The van der Waals surface area contributed by atoms with Crippen molar-refractivity contribution in [3.63, 3.8) is 0 Å². The molecular weight excluding hydrogens is 332 g/mol. The van der Waals surface area contributed by atoms with E-state index in [2.05, 4.69) is 0 Å². The molecule has 1 aromatic carbocycles. The van der Waals surface area contributed by atoms with Gasteiger partial charge in [0, 0.05) is 25.2 Å². The fourth-order valence-corrected chi connectivity index (χ4v) is 3.91. The van der Waals surface area contributed by atoms with Crippen LogP contribution in [0.2, 0.25) is 0 Å². The van der Waals surface area contributed by atoms with Crippen LogP contribution in [0, 0.1) is 0 Å². The number of methoxy groups -OCH3 is 1. The molecule has 0 radical (unpaired) electrons. The number of ether oxygens (including phenoxy) is 1. The highest BCUT2D eigenvalue weighted by molar-refractivity contribution is 7.89. The summed E-state index contributed by atoms with van der Waals surface area (Å²) in [7, 11) is -2.05. The van der Waals surface area contributed by atoms with Gasteiger partial charge < -0.3 is 14.7 Å². The lowest BCUT2D eigenvalue weighted by Gasteiger charge is -2.23. The molecule has 0 bridgehead atoms. The first-order chi connectivity index (χ1) is 11.3. The smallest absolute Gasteiger partial charge is 0.238 e. The van der Waals surface area contributed by atoms with Crippen LogP contribution in [0.4, 0.5) is 0 Å².